The van der Waals surface area contributed by atoms with Crippen molar-refractivity contribution in [1.82, 2.24) is 0 Å². The van der Waals surface area contributed by atoms with Gasteiger partial charge in [0.15, 0.2) is 11.5 Å². The van der Waals surface area contributed by atoms with Gasteiger partial charge < -0.3 is 14.8 Å². The molecule has 3 rings (SSSR count). The number of hydrogen-bond donors (Lipinski definition) is 1. The van der Waals surface area contributed by atoms with Gasteiger partial charge in [-0.3, -0.25) is 4.79 Å². The molecule has 0 heterocycles. The van der Waals surface area contributed by atoms with Gasteiger partial charge in [-0.05, 0) is 53.6 Å². The number of ether oxygens (including phenoxy) is 2. The van der Waals surface area contributed by atoms with Crippen molar-refractivity contribution >= 4 is 17.7 Å². The Morgan fingerprint density at radius 3 is 2.46 bits per heavy atom. The lowest BCUT2D eigenvalue weighted by molar-refractivity contribution is -0.111. The number of carbonyl (C=O) groups is 1. The third-order valence-electron chi connectivity index (χ3n) is 3.96. The lowest BCUT2D eigenvalue weighted by atomic mass is 10.2. The topological polar surface area (TPSA) is 47.6 Å². The Morgan fingerprint density at radius 2 is 1.75 bits per heavy atom. The van der Waals surface area contributed by atoms with E-state index in [2.05, 4.69) is 5.32 Å². The second-order valence-corrected chi connectivity index (χ2v) is 6.01. The number of carbonyl (C=O) groups excluding carboxylic acids is 1. The summed E-state index contributed by atoms with van der Waals surface area (Å²) in [5.41, 5.74) is 2.39. The average Bonchev–Trinajstić information content (AvgIpc) is 2.73. The normalized spacial score (nSPS) is 10.6. The van der Waals surface area contributed by atoms with Gasteiger partial charge in [0.05, 0.1) is 7.11 Å². The Hall–Kier alpha value is -3.60. The highest BCUT2D eigenvalue weighted by Crippen LogP contribution is 2.29. The van der Waals surface area contributed by atoms with Crippen molar-refractivity contribution in [2.24, 2.45) is 0 Å². The van der Waals surface area contributed by atoms with Gasteiger partial charge in [-0.1, -0.05) is 36.4 Å². The zero-order valence-corrected chi connectivity index (χ0v) is 15.4. The van der Waals surface area contributed by atoms with E-state index in [9.17, 15) is 9.18 Å². The molecule has 0 atom stereocenters. The monoisotopic (exact) mass is 377 g/mol. The van der Waals surface area contributed by atoms with E-state index in [1.54, 1.807) is 37.5 Å². The number of anilines is 1. The highest BCUT2D eigenvalue weighted by Gasteiger charge is 2.06. The number of amides is 1. The molecule has 0 spiro atoms. The number of rotatable bonds is 7. The zero-order valence-electron chi connectivity index (χ0n) is 15.4. The van der Waals surface area contributed by atoms with Crippen molar-refractivity contribution < 1.29 is 18.7 Å². The van der Waals surface area contributed by atoms with Gasteiger partial charge in [-0.15, -0.1) is 0 Å². The fourth-order valence-electron chi connectivity index (χ4n) is 2.53. The summed E-state index contributed by atoms with van der Waals surface area (Å²) in [6.07, 6.45) is 3.16. The molecule has 0 aliphatic heterocycles. The summed E-state index contributed by atoms with van der Waals surface area (Å²) in [5, 5.41) is 2.79. The Labute approximate surface area is 163 Å². The van der Waals surface area contributed by atoms with Crippen LogP contribution in [0.25, 0.3) is 6.08 Å². The molecule has 0 fully saturated rings. The van der Waals surface area contributed by atoms with Gasteiger partial charge >= 0.3 is 0 Å². The summed E-state index contributed by atoms with van der Waals surface area (Å²) in [4.78, 5) is 12.0. The molecule has 0 aliphatic carbocycles. The number of benzene rings is 3. The van der Waals surface area contributed by atoms with Crippen LogP contribution in [-0.4, -0.2) is 13.0 Å². The maximum atomic E-state index is 13.0. The Bertz CT molecular complexity index is 953. The van der Waals surface area contributed by atoms with Crippen LogP contribution in [0.3, 0.4) is 0 Å². The average molecular weight is 377 g/mol. The minimum Gasteiger partial charge on any atom is -0.493 e. The maximum Gasteiger partial charge on any atom is 0.248 e. The van der Waals surface area contributed by atoms with Gasteiger partial charge in [-0.2, -0.15) is 0 Å². The summed E-state index contributed by atoms with van der Waals surface area (Å²) in [6, 6.07) is 20.8. The van der Waals surface area contributed by atoms with Crippen LogP contribution in [0, 0.1) is 5.82 Å². The number of para-hydroxylation sites is 1. The molecule has 3 aromatic rings. The molecule has 142 valence electrons. The predicted molar refractivity (Wildman–Crippen MR) is 108 cm³/mol. The van der Waals surface area contributed by atoms with Crippen LogP contribution in [0.4, 0.5) is 10.1 Å². The van der Waals surface area contributed by atoms with Gasteiger partial charge in [0.25, 0.3) is 0 Å². The van der Waals surface area contributed by atoms with Crippen molar-refractivity contribution in [2.45, 2.75) is 6.61 Å². The molecule has 1 N–H and O–H groups in total. The maximum absolute atomic E-state index is 13.0. The SMILES string of the molecule is COc1cc(/C=C/C(=O)Nc2ccccc2)ccc1OCc1ccc(F)cc1. The van der Waals surface area contributed by atoms with Crippen molar-refractivity contribution in [3.63, 3.8) is 0 Å². The standard InChI is InChI=1S/C23H20FNO3/c1-27-22-15-17(10-14-23(26)25-20-5-3-2-4-6-20)9-13-21(22)28-16-18-7-11-19(24)12-8-18/h2-15H,16H2,1H3,(H,25,26)/b14-10+. The van der Waals surface area contributed by atoms with E-state index in [1.807, 2.05) is 36.4 Å². The van der Waals surface area contributed by atoms with Crippen molar-refractivity contribution in [3.8, 4) is 11.5 Å². The zero-order chi connectivity index (χ0) is 19.8. The first-order valence-corrected chi connectivity index (χ1v) is 8.73. The third kappa shape index (κ3) is 5.45. The van der Waals surface area contributed by atoms with E-state index in [0.717, 1.165) is 16.8 Å². The molecule has 28 heavy (non-hydrogen) atoms. The van der Waals surface area contributed by atoms with Gasteiger partial charge in [0.1, 0.15) is 12.4 Å². The molecule has 0 radical (unpaired) electrons. The van der Waals surface area contributed by atoms with Crippen LogP contribution < -0.4 is 14.8 Å². The lowest BCUT2D eigenvalue weighted by Crippen LogP contribution is -2.07. The quantitative estimate of drug-likeness (QED) is 0.585. The van der Waals surface area contributed by atoms with Crippen LogP contribution in [0.15, 0.2) is 78.9 Å². The van der Waals surface area contributed by atoms with E-state index < -0.39 is 0 Å². The fourth-order valence-corrected chi connectivity index (χ4v) is 2.53. The molecular formula is C23H20FNO3. The van der Waals surface area contributed by atoms with Crippen LogP contribution in [0.1, 0.15) is 11.1 Å². The Morgan fingerprint density at radius 1 is 1.00 bits per heavy atom. The first-order valence-electron chi connectivity index (χ1n) is 8.73. The minimum absolute atomic E-state index is 0.221. The molecule has 0 aliphatic rings. The molecule has 1 amide bonds. The van der Waals surface area contributed by atoms with Crippen LogP contribution in [0.2, 0.25) is 0 Å². The molecule has 5 heteroatoms. The van der Waals surface area contributed by atoms with Crippen LogP contribution >= 0.6 is 0 Å². The number of hydrogen-bond acceptors (Lipinski definition) is 3. The largest absolute Gasteiger partial charge is 0.493 e. The highest BCUT2D eigenvalue weighted by atomic mass is 19.1. The smallest absolute Gasteiger partial charge is 0.248 e. The summed E-state index contributed by atoms with van der Waals surface area (Å²) in [5.74, 6) is 0.612. The van der Waals surface area contributed by atoms with E-state index in [4.69, 9.17) is 9.47 Å². The number of halogens is 1. The second kappa shape index (κ2) is 9.37. The third-order valence-corrected chi connectivity index (χ3v) is 3.96. The molecule has 0 unspecified atom stereocenters. The van der Waals surface area contributed by atoms with E-state index in [-0.39, 0.29) is 11.7 Å². The molecule has 3 aromatic carbocycles. The lowest BCUT2D eigenvalue weighted by Gasteiger charge is -2.11. The number of nitrogens with one attached hydrogen (secondary N) is 1. The van der Waals surface area contributed by atoms with Crippen molar-refractivity contribution in [3.05, 3.63) is 95.8 Å². The Kier molecular flexibility index (Phi) is 6.41. The summed E-state index contributed by atoms with van der Waals surface area (Å²) >= 11 is 0. The molecule has 0 saturated carbocycles. The molecule has 0 bridgehead atoms. The number of methoxy groups -OCH3 is 1. The van der Waals surface area contributed by atoms with Crippen molar-refractivity contribution in [2.75, 3.05) is 12.4 Å². The van der Waals surface area contributed by atoms with E-state index in [0.29, 0.717) is 18.1 Å². The molecule has 0 aromatic heterocycles. The fraction of sp³-hybridized carbons (Fsp3) is 0.0870. The Balaban J connectivity index is 1.63. The first kappa shape index (κ1) is 19.2. The van der Waals surface area contributed by atoms with Crippen LogP contribution in [-0.2, 0) is 11.4 Å². The van der Waals surface area contributed by atoms with E-state index >= 15 is 0 Å². The van der Waals surface area contributed by atoms with Crippen molar-refractivity contribution in [1.29, 1.82) is 0 Å². The van der Waals surface area contributed by atoms with Crippen LogP contribution in [0.5, 0.6) is 11.5 Å². The van der Waals surface area contributed by atoms with Gasteiger partial charge in [0, 0.05) is 11.8 Å². The summed E-state index contributed by atoms with van der Waals surface area (Å²) < 4.78 is 24.1. The predicted octanol–water partition coefficient (Wildman–Crippen LogP) is 5.07. The molecular weight excluding hydrogens is 357 g/mol. The molecule has 4 nitrogen and oxygen atoms in total. The first-order chi connectivity index (χ1) is 13.6. The summed E-state index contributed by atoms with van der Waals surface area (Å²) in [7, 11) is 1.55. The summed E-state index contributed by atoms with van der Waals surface area (Å²) in [6.45, 7) is 0.297. The van der Waals surface area contributed by atoms with E-state index in [1.165, 1.54) is 18.2 Å². The van der Waals surface area contributed by atoms with Gasteiger partial charge in [-0.25, -0.2) is 4.39 Å². The highest BCUT2D eigenvalue weighted by molar-refractivity contribution is 6.01. The molecule has 0 saturated heterocycles. The van der Waals surface area contributed by atoms with Gasteiger partial charge in [0.2, 0.25) is 5.91 Å². The second-order valence-electron chi connectivity index (χ2n) is 6.01. The minimum atomic E-state index is -0.284.